The molecule has 1 unspecified atom stereocenters. The summed E-state index contributed by atoms with van der Waals surface area (Å²) in [6, 6.07) is 18.0. The number of hydrogen-bond donors (Lipinski definition) is 1. The molecule has 2 aromatic carbocycles. The van der Waals surface area contributed by atoms with Crippen LogP contribution in [0.5, 0.6) is 0 Å². The van der Waals surface area contributed by atoms with Gasteiger partial charge < -0.3 is 5.32 Å². The molecule has 1 N–H and O–H groups in total. The predicted molar refractivity (Wildman–Crippen MR) is 106 cm³/mol. The summed E-state index contributed by atoms with van der Waals surface area (Å²) >= 11 is 1.53. The molecule has 0 aliphatic carbocycles. The number of carbonyl (C=O) groups is 1. The first-order valence-electron chi connectivity index (χ1n) is 8.47. The SMILES string of the molecule is CCC(Sc1cc(C)c2ccccc2n1)C(=O)Nc1cccc(C)c1. The number of thioether (sulfide) groups is 1. The Morgan fingerprint density at radius 1 is 1.12 bits per heavy atom. The third-order valence-electron chi connectivity index (χ3n) is 4.11. The zero-order chi connectivity index (χ0) is 17.8. The number of amides is 1. The number of nitrogens with zero attached hydrogens (tertiary/aromatic N) is 1. The Bertz CT molecular complexity index is 907. The molecule has 3 rings (SSSR count). The number of para-hydroxylation sites is 1. The number of hydrogen-bond acceptors (Lipinski definition) is 3. The van der Waals surface area contributed by atoms with E-state index in [2.05, 4.69) is 24.4 Å². The molecule has 0 saturated carbocycles. The van der Waals surface area contributed by atoms with Crippen molar-refractivity contribution in [1.29, 1.82) is 0 Å². The summed E-state index contributed by atoms with van der Waals surface area (Å²) in [5.74, 6) is 0.0192. The van der Waals surface area contributed by atoms with Gasteiger partial charge in [0.1, 0.15) is 0 Å². The molecule has 1 atom stereocenters. The predicted octanol–water partition coefficient (Wildman–Crippen LogP) is 5.36. The maximum Gasteiger partial charge on any atom is 0.237 e. The van der Waals surface area contributed by atoms with Gasteiger partial charge in [-0.2, -0.15) is 0 Å². The van der Waals surface area contributed by atoms with Gasteiger partial charge >= 0.3 is 0 Å². The van der Waals surface area contributed by atoms with Crippen molar-refractivity contribution in [2.24, 2.45) is 0 Å². The quantitative estimate of drug-likeness (QED) is 0.630. The molecule has 0 saturated heterocycles. The van der Waals surface area contributed by atoms with Crippen LogP contribution >= 0.6 is 11.8 Å². The molecule has 0 bridgehead atoms. The summed E-state index contributed by atoms with van der Waals surface area (Å²) in [5.41, 5.74) is 4.12. The fourth-order valence-corrected chi connectivity index (χ4v) is 3.81. The average molecular weight is 350 g/mol. The largest absolute Gasteiger partial charge is 0.325 e. The van der Waals surface area contributed by atoms with Crippen LogP contribution < -0.4 is 5.32 Å². The highest BCUT2D eigenvalue weighted by Gasteiger charge is 2.19. The number of carbonyl (C=O) groups excluding carboxylic acids is 1. The number of benzene rings is 2. The van der Waals surface area contributed by atoms with Crippen LogP contribution in [0.4, 0.5) is 5.69 Å². The van der Waals surface area contributed by atoms with Crippen molar-refractivity contribution in [1.82, 2.24) is 4.98 Å². The summed E-state index contributed by atoms with van der Waals surface area (Å²) in [5, 5.41) is 4.89. The van der Waals surface area contributed by atoms with E-state index in [1.165, 1.54) is 17.3 Å². The number of nitrogens with one attached hydrogen (secondary N) is 1. The molecule has 0 fully saturated rings. The van der Waals surface area contributed by atoms with Crippen molar-refractivity contribution in [2.75, 3.05) is 5.32 Å². The molecule has 128 valence electrons. The lowest BCUT2D eigenvalue weighted by molar-refractivity contribution is -0.115. The van der Waals surface area contributed by atoms with Gasteiger partial charge in [0.15, 0.2) is 0 Å². The monoisotopic (exact) mass is 350 g/mol. The van der Waals surface area contributed by atoms with Crippen molar-refractivity contribution >= 4 is 34.3 Å². The van der Waals surface area contributed by atoms with Gasteiger partial charge in [0.05, 0.1) is 15.8 Å². The summed E-state index contributed by atoms with van der Waals surface area (Å²) in [6.45, 7) is 6.13. The van der Waals surface area contributed by atoms with Crippen LogP contribution in [-0.2, 0) is 4.79 Å². The van der Waals surface area contributed by atoms with Gasteiger partial charge in [-0.25, -0.2) is 4.98 Å². The molecular formula is C21H22N2OS. The van der Waals surface area contributed by atoms with E-state index in [0.717, 1.165) is 33.6 Å². The fraction of sp³-hybridized carbons (Fsp3) is 0.238. The summed E-state index contributed by atoms with van der Waals surface area (Å²) in [7, 11) is 0. The zero-order valence-electron chi connectivity index (χ0n) is 14.7. The van der Waals surface area contributed by atoms with Crippen LogP contribution in [-0.4, -0.2) is 16.1 Å². The Morgan fingerprint density at radius 3 is 2.68 bits per heavy atom. The van der Waals surface area contributed by atoms with Crippen LogP contribution in [0.25, 0.3) is 10.9 Å². The van der Waals surface area contributed by atoms with Gasteiger partial charge in [0.25, 0.3) is 0 Å². The van der Waals surface area contributed by atoms with E-state index in [-0.39, 0.29) is 11.2 Å². The summed E-state index contributed by atoms with van der Waals surface area (Å²) in [4.78, 5) is 17.4. The van der Waals surface area contributed by atoms with Crippen molar-refractivity contribution in [3.05, 3.63) is 65.7 Å². The van der Waals surface area contributed by atoms with Crippen LogP contribution in [0.3, 0.4) is 0 Å². The van der Waals surface area contributed by atoms with E-state index in [1.54, 1.807) is 0 Å². The molecule has 0 aliphatic heterocycles. The summed E-state index contributed by atoms with van der Waals surface area (Å²) < 4.78 is 0. The highest BCUT2D eigenvalue weighted by Crippen LogP contribution is 2.28. The van der Waals surface area contributed by atoms with E-state index < -0.39 is 0 Å². The molecule has 3 aromatic rings. The van der Waals surface area contributed by atoms with Crippen LogP contribution in [0.2, 0.25) is 0 Å². The first-order chi connectivity index (χ1) is 12.1. The number of aromatic nitrogens is 1. The highest BCUT2D eigenvalue weighted by molar-refractivity contribution is 8.00. The van der Waals surface area contributed by atoms with Gasteiger partial charge in [-0.05, 0) is 55.7 Å². The number of aryl methyl sites for hydroxylation is 2. The fourth-order valence-electron chi connectivity index (χ4n) is 2.79. The lowest BCUT2D eigenvalue weighted by Gasteiger charge is -2.15. The molecular weight excluding hydrogens is 328 g/mol. The maximum atomic E-state index is 12.6. The normalized spacial score (nSPS) is 12.1. The molecule has 1 aromatic heterocycles. The Morgan fingerprint density at radius 2 is 1.92 bits per heavy atom. The molecule has 3 nitrogen and oxygen atoms in total. The summed E-state index contributed by atoms with van der Waals surface area (Å²) in [6.07, 6.45) is 0.746. The topological polar surface area (TPSA) is 42.0 Å². The molecule has 4 heteroatoms. The Balaban J connectivity index is 1.78. The van der Waals surface area contributed by atoms with E-state index >= 15 is 0 Å². The highest BCUT2D eigenvalue weighted by atomic mass is 32.2. The van der Waals surface area contributed by atoms with Crippen LogP contribution in [0.15, 0.2) is 59.6 Å². The van der Waals surface area contributed by atoms with Gasteiger partial charge in [0, 0.05) is 11.1 Å². The van der Waals surface area contributed by atoms with Crippen molar-refractivity contribution in [2.45, 2.75) is 37.5 Å². The molecule has 0 spiro atoms. The smallest absolute Gasteiger partial charge is 0.237 e. The second-order valence-electron chi connectivity index (χ2n) is 6.17. The van der Waals surface area contributed by atoms with Crippen LogP contribution in [0.1, 0.15) is 24.5 Å². The first-order valence-corrected chi connectivity index (χ1v) is 9.35. The van der Waals surface area contributed by atoms with E-state index in [4.69, 9.17) is 4.98 Å². The number of fused-ring (bicyclic) bond motifs is 1. The molecule has 0 radical (unpaired) electrons. The Kier molecular flexibility index (Phi) is 5.39. The number of pyridine rings is 1. The van der Waals surface area contributed by atoms with E-state index in [9.17, 15) is 4.79 Å². The van der Waals surface area contributed by atoms with Gasteiger partial charge in [0.2, 0.25) is 5.91 Å². The van der Waals surface area contributed by atoms with Crippen molar-refractivity contribution in [3.8, 4) is 0 Å². The second-order valence-corrected chi connectivity index (χ2v) is 7.39. The number of anilines is 1. The van der Waals surface area contributed by atoms with E-state index in [0.29, 0.717) is 0 Å². The Labute approximate surface area is 152 Å². The first kappa shape index (κ1) is 17.5. The van der Waals surface area contributed by atoms with E-state index in [1.807, 2.05) is 56.3 Å². The molecule has 1 heterocycles. The minimum Gasteiger partial charge on any atom is -0.325 e. The van der Waals surface area contributed by atoms with Crippen molar-refractivity contribution in [3.63, 3.8) is 0 Å². The minimum atomic E-state index is -0.173. The lowest BCUT2D eigenvalue weighted by atomic mass is 10.1. The van der Waals surface area contributed by atoms with Gasteiger partial charge in [-0.1, -0.05) is 49.0 Å². The minimum absolute atomic E-state index is 0.0192. The average Bonchev–Trinajstić information content (AvgIpc) is 2.59. The molecule has 0 aliphatic rings. The standard InChI is InChI=1S/C21H22N2OS/c1-4-19(21(24)22-16-9-7-8-14(2)12-16)25-20-13-15(3)17-10-5-6-11-18(17)23-20/h5-13,19H,4H2,1-3H3,(H,22,24). The van der Waals surface area contributed by atoms with Crippen molar-refractivity contribution < 1.29 is 4.79 Å². The van der Waals surface area contributed by atoms with Gasteiger partial charge in [-0.3, -0.25) is 4.79 Å². The Hall–Kier alpha value is -2.33. The third-order valence-corrected chi connectivity index (χ3v) is 5.39. The zero-order valence-corrected chi connectivity index (χ0v) is 15.6. The van der Waals surface area contributed by atoms with Gasteiger partial charge in [-0.15, -0.1) is 0 Å². The number of rotatable bonds is 5. The second kappa shape index (κ2) is 7.70. The maximum absolute atomic E-state index is 12.6. The molecule has 25 heavy (non-hydrogen) atoms. The molecule has 1 amide bonds. The third kappa shape index (κ3) is 4.20. The lowest BCUT2D eigenvalue weighted by Crippen LogP contribution is -2.24. The van der Waals surface area contributed by atoms with Crippen LogP contribution in [0, 0.1) is 13.8 Å².